The lowest BCUT2D eigenvalue weighted by atomic mass is 10.0. The topological polar surface area (TPSA) is 76.1 Å². The first-order valence-electron chi connectivity index (χ1n) is 10.0. The van der Waals surface area contributed by atoms with Crippen LogP contribution in [0.1, 0.15) is 16.8 Å². The fourth-order valence-corrected chi connectivity index (χ4v) is 3.47. The number of carbonyl (C=O) groups is 1. The van der Waals surface area contributed by atoms with Gasteiger partial charge in [0.15, 0.2) is 6.61 Å². The van der Waals surface area contributed by atoms with Gasteiger partial charge in [-0.3, -0.25) is 9.36 Å². The molecular weight excluding hydrogens is 390 g/mol. The van der Waals surface area contributed by atoms with Crippen LogP contribution in [-0.2, 0) is 11.2 Å². The maximum atomic E-state index is 12.6. The van der Waals surface area contributed by atoms with Crippen LogP contribution in [0.2, 0.25) is 0 Å². The monoisotopic (exact) mass is 413 g/mol. The number of nitrogens with zero attached hydrogens (tertiary/aromatic N) is 1. The van der Waals surface area contributed by atoms with Crippen molar-refractivity contribution >= 4 is 11.6 Å². The first kappa shape index (κ1) is 20.2. The number of aromatic amines is 1. The Morgan fingerprint density at radius 1 is 0.968 bits per heavy atom. The summed E-state index contributed by atoms with van der Waals surface area (Å²) in [5, 5.41) is 2.86. The molecule has 156 valence electrons. The molecule has 0 aliphatic heterocycles. The molecule has 0 saturated heterocycles. The third kappa shape index (κ3) is 4.75. The summed E-state index contributed by atoms with van der Waals surface area (Å²) in [5.74, 6) is 0.371. The normalized spacial score (nSPS) is 10.6. The van der Waals surface area contributed by atoms with Crippen LogP contribution < -0.4 is 15.7 Å². The molecule has 31 heavy (non-hydrogen) atoms. The van der Waals surface area contributed by atoms with Crippen molar-refractivity contribution in [2.75, 3.05) is 11.9 Å². The predicted octanol–water partition coefficient (Wildman–Crippen LogP) is 4.08. The minimum absolute atomic E-state index is 0.138. The lowest BCUT2D eigenvalue weighted by Crippen LogP contribution is -2.23. The zero-order valence-electron chi connectivity index (χ0n) is 17.2. The molecule has 0 radical (unpaired) electrons. The highest BCUT2D eigenvalue weighted by molar-refractivity contribution is 5.93. The van der Waals surface area contributed by atoms with Crippen LogP contribution in [0.5, 0.6) is 5.75 Å². The van der Waals surface area contributed by atoms with Crippen LogP contribution in [0.4, 0.5) is 5.69 Å². The van der Waals surface area contributed by atoms with E-state index in [2.05, 4.69) is 22.4 Å². The Bertz CT molecular complexity index is 1240. The minimum atomic E-state index is -0.303. The number of para-hydroxylation sites is 3. The molecule has 0 bridgehead atoms. The highest BCUT2D eigenvalue weighted by atomic mass is 16.5. The van der Waals surface area contributed by atoms with E-state index in [4.69, 9.17) is 4.74 Å². The van der Waals surface area contributed by atoms with Crippen LogP contribution >= 0.6 is 0 Å². The third-order valence-electron chi connectivity index (χ3n) is 4.95. The summed E-state index contributed by atoms with van der Waals surface area (Å²) in [6.07, 6.45) is 2.35. The summed E-state index contributed by atoms with van der Waals surface area (Å²) in [6.45, 7) is 1.68. The summed E-state index contributed by atoms with van der Waals surface area (Å²) in [4.78, 5) is 27.4. The number of imidazole rings is 1. The standard InChI is InChI=1S/C25H23N3O3/c1-18-16-26-25(30)28(18)22-13-7-6-12-21(22)27-24(29)17-31-23-14-8-5-11-20(23)15-19-9-3-2-4-10-19/h2-14,16H,15,17H2,1H3,(H,26,30)(H,27,29). The van der Waals surface area contributed by atoms with Crippen molar-refractivity contribution in [3.8, 4) is 11.4 Å². The highest BCUT2D eigenvalue weighted by Crippen LogP contribution is 2.22. The average Bonchev–Trinajstić information content (AvgIpc) is 3.12. The van der Waals surface area contributed by atoms with Gasteiger partial charge in [0.05, 0.1) is 11.4 Å². The van der Waals surface area contributed by atoms with E-state index in [1.54, 1.807) is 18.3 Å². The van der Waals surface area contributed by atoms with Crippen molar-refractivity contribution in [2.24, 2.45) is 0 Å². The number of rotatable bonds is 7. The first-order chi connectivity index (χ1) is 15.1. The molecule has 0 aliphatic carbocycles. The van der Waals surface area contributed by atoms with Gasteiger partial charge in [-0.2, -0.15) is 0 Å². The van der Waals surface area contributed by atoms with E-state index in [1.807, 2.05) is 61.5 Å². The predicted molar refractivity (Wildman–Crippen MR) is 121 cm³/mol. The van der Waals surface area contributed by atoms with Gasteiger partial charge in [-0.15, -0.1) is 0 Å². The van der Waals surface area contributed by atoms with E-state index >= 15 is 0 Å². The molecule has 2 N–H and O–H groups in total. The maximum absolute atomic E-state index is 12.6. The average molecular weight is 413 g/mol. The number of carbonyl (C=O) groups excluding carboxylic acids is 1. The summed E-state index contributed by atoms with van der Waals surface area (Å²) >= 11 is 0. The molecule has 4 aromatic rings. The van der Waals surface area contributed by atoms with Gasteiger partial charge in [0, 0.05) is 18.3 Å². The second-order valence-electron chi connectivity index (χ2n) is 7.19. The number of H-pyrrole nitrogens is 1. The maximum Gasteiger partial charge on any atom is 0.330 e. The molecule has 1 heterocycles. The molecule has 1 aromatic heterocycles. The smallest absolute Gasteiger partial charge is 0.330 e. The summed E-state index contributed by atoms with van der Waals surface area (Å²) < 4.78 is 7.35. The van der Waals surface area contributed by atoms with Crippen LogP contribution in [0.3, 0.4) is 0 Å². The first-order valence-corrected chi connectivity index (χ1v) is 10.0. The van der Waals surface area contributed by atoms with Gasteiger partial charge in [-0.25, -0.2) is 4.79 Å². The number of hydrogen-bond donors (Lipinski definition) is 2. The number of ether oxygens (including phenoxy) is 1. The molecule has 0 unspecified atom stereocenters. The van der Waals surface area contributed by atoms with Crippen molar-refractivity contribution in [1.29, 1.82) is 0 Å². The Morgan fingerprint density at radius 3 is 2.45 bits per heavy atom. The van der Waals surface area contributed by atoms with Crippen molar-refractivity contribution < 1.29 is 9.53 Å². The molecule has 0 spiro atoms. The number of amides is 1. The lowest BCUT2D eigenvalue weighted by molar-refractivity contribution is -0.118. The molecule has 3 aromatic carbocycles. The van der Waals surface area contributed by atoms with Gasteiger partial charge in [0.1, 0.15) is 5.75 Å². The van der Waals surface area contributed by atoms with E-state index < -0.39 is 0 Å². The lowest BCUT2D eigenvalue weighted by Gasteiger charge is -2.14. The molecule has 6 heteroatoms. The van der Waals surface area contributed by atoms with E-state index in [0.29, 0.717) is 17.1 Å². The van der Waals surface area contributed by atoms with E-state index in [0.717, 1.165) is 17.7 Å². The Hall–Kier alpha value is -4.06. The largest absolute Gasteiger partial charge is 0.483 e. The molecule has 1 amide bonds. The molecule has 0 aliphatic rings. The van der Waals surface area contributed by atoms with Crippen molar-refractivity contribution in [3.05, 3.63) is 112 Å². The van der Waals surface area contributed by atoms with Gasteiger partial charge < -0.3 is 15.0 Å². The van der Waals surface area contributed by atoms with E-state index in [-0.39, 0.29) is 18.2 Å². The number of aromatic nitrogens is 2. The quantitative estimate of drug-likeness (QED) is 0.479. The molecule has 0 atom stereocenters. The SMILES string of the molecule is Cc1c[nH]c(=O)n1-c1ccccc1NC(=O)COc1ccccc1Cc1ccccc1. The third-order valence-corrected chi connectivity index (χ3v) is 4.95. The Morgan fingerprint density at radius 2 is 1.68 bits per heavy atom. The fourth-order valence-electron chi connectivity index (χ4n) is 3.47. The number of anilines is 1. The van der Waals surface area contributed by atoms with Crippen molar-refractivity contribution in [2.45, 2.75) is 13.3 Å². The molecule has 0 saturated carbocycles. The number of benzene rings is 3. The molecule has 6 nitrogen and oxygen atoms in total. The molecule has 0 fully saturated rings. The zero-order valence-corrected chi connectivity index (χ0v) is 17.2. The second kappa shape index (κ2) is 9.17. The summed E-state index contributed by atoms with van der Waals surface area (Å²) in [6, 6.07) is 25.0. The number of aryl methyl sites for hydroxylation is 1. The Labute approximate surface area is 180 Å². The van der Waals surface area contributed by atoms with E-state index in [1.165, 1.54) is 10.1 Å². The van der Waals surface area contributed by atoms with Gasteiger partial charge in [0.2, 0.25) is 0 Å². The summed E-state index contributed by atoms with van der Waals surface area (Å²) in [7, 11) is 0. The highest BCUT2D eigenvalue weighted by Gasteiger charge is 2.13. The Kier molecular flexibility index (Phi) is 5.98. The van der Waals surface area contributed by atoms with Gasteiger partial charge in [0.25, 0.3) is 5.91 Å². The summed E-state index contributed by atoms with van der Waals surface area (Å²) in [5.41, 5.74) is 3.81. The van der Waals surface area contributed by atoms with Crippen LogP contribution in [0.25, 0.3) is 5.69 Å². The van der Waals surface area contributed by atoms with Crippen LogP contribution in [-0.4, -0.2) is 22.1 Å². The second-order valence-corrected chi connectivity index (χ2v) is 7.19. The fraction of sp³-hybridized carbons (Fsp3) is 0.120. The number of hydrogen-bond acceptors (Lipinski definition) is 3. The van der Waals surface area contributed by atoms with Gasteiger partial charge >= 0.3 is 5.69 Å². The molecule has 4 rings (SSSR count). The van der Waals surface area contributed by atoms with Crippen LogP contribution in [0.15, 0.2) is 89.9 Å². The van der Waals surface area contributed by atoms with Crippen molar-refractivity contribution in [1.82, 2.24) is 9.55 Å². The van der Waals surface area contributed by atoms with E-state index in [9.17, 15) is 9.59 Å². The minimum Gasteiger partial charge on any atom is -0.483 e. The van der Waals surface area contributed by atoms with Crippen molar-refractivity contribution in [3.63, 3.8) is 0 Å². The zero-order chi connectivity index (χ0) is 21.6. The number of nitrogens with one attached hydrogen (secondary N) is 2. The molecular formula is C25H23N3O3. The van der Waals surface area contributed by atoms with Gasteiger partial charge in [-0.05, 0) is 36.2 Å². The van der Waals surface area contributed by atoms with Crippen LogP contribution in [0, 0.1) is 6.92 Å². The Balaban J connectivity index is 1.47. The van der Waals surface area contributed by atoms with Gasteiger partial charge in [-0.1, -0.05) is 60.7 Å².